The Kier molecular flexibility index (Phi) is 4.58. The molecule has 0 unspecified atom stereocenters. The zero-order valence-corrected chi connectivity index (χ0v) is 13.2. The summed E-state index contributed by atoms with van der Waals surface area (Å²) in [6.07, 6.45) is 7.52. The zero-order chi connectivity index (χ0) is 15.4. The molecule has 2 aromatic rings. The smallest absolute Gasteiger partial charge is 0.142 e. The van der Waals surface area contributed by atoms with Crippen LogP contribution in [0.2, 0.25) is 0 Å². The number of piperidine rings is 1. The van der Waals surface area contributed by atoms with Gasteiger partial charge in [-0.25, -0.2) is 19.9 Å². The van der Waals surface area contributed by atoms with Gasteiger partial charge in [0.25, 0.3) is 0 Å². The van der Waals surface area contributed by atoms with Crippen LogP contribution in [-0.4, -0.2) is 51.0 Å². The number of aromatic nitrogens is 4. The Morgan fingerprint density at radius 1 is 1.14 bits per heavy atom. The van der Waals surface area contributed by atoms with Gasteiger partial charge in [0, 0.05) is 50.3 Å². The second kappa shape index (κ2) is 6.79. The number of hydrogen-bond donors (Lipinski definition) is 0. The van der Waals surface area contributed by atoms with E-state index in [-0.39, 0.29) is 0 Å². The average Bonchev–Trinajstić information content (AvgIpc) is 2.56. The van der Waals surface area contributed by atoms with E-state index in [2.05, 4.69) is 36.8 Å². The van der Waals surface area contributed by atoms with E-state index in [4.69, 9.17) is 0 Å². The first kappa shape index (κ1) is 14.8. The molecule has 1 saturated heterocycles. The highest BCUT2D eigenvalue weighted by Gasteiger charge is 2.23. The third-order valence-electron chi connectivity index (χ3n) is 4.24. The van der Waals surface area contributed by atoms with Crippen LogP contribution in [0, 0.1) is 6.92 Å². The third kappa shape index (κ3) is 3.57. The third-order valence-corrected chi connectivity index (χ3v) is 4.24. The summed E-state index contributed by atoms with van der Waals surface area (Å²) in [5, 5.41) is 0. The summed E-state index contributed by atoms with van der Waals surface area (Å²) in [5.41, 5.74) is 1.01. The Labute approximate surface area is 131 Å². The Hall–Kier alpha value is -2.08. The van der Waals surface area contributed by atoms with E-state index >= 15 is 0 Å². The monoisotopic (exact) mass is 298 g/mol. The van der Waals surface area contributed by atoms with Crippen molar-refractivity contribution in [2.24, 2.45) is 0 Å². The van der Waals surface area contributed by atoms with Crippen LogP contribution in [0.1, 0.15) is 24.4 Å². The molecule has 3 rings (SSSR count). The van der Waals surface area contributed by atoms with Gasteiger partial charge >= 0.3 is 0 Å². The van der Waals surface area contributed by atoms with Gasteiger partial charge in [0.15, 0.2) is 0 Å². The lowest BCUT2D eigenvalue weighted by Gasteiger charge is -2.37. The lowest BCUT2D eigenvalue weighted by molar-refractivity contribution is 0.199. The molecule has 22 heavy (non-hydrogen) atoms. The fourth-order valence-electron chi connectivity index (χ4n) is 2.90. The van der Waals surface area contributed by atoms with Gasteiger partial charge in [0.2, 0.25) is 0 Å². The van der Waals surface area contributed by atoms with E-state index in [9.17, 15) is 0 Å². The van der Waals surface area contributed by atoms with Crippen LogP contribution < -0.4 is 4.90 Å². The van der Waals surface area contributed by atoms with E-state index in [0.29, 0.717) is 6.04 Å². The van der Waals surface area contributed by atoms with Crippen LogP contribution in [0.15, 0.2) is 30.9 Å². The Bertz CT molecular complexity index is 595. The summed E-state index contributed by atoms with van der Waals surface area (Å²) in [6.45, 7) is 4.97. The maximum atomic E-state index is 4.38. The molecule has 6 nitrogen and oxygen atoms in total. The first-order valence-electron chi connectivity index (χ1n) is 7.72. The topological polar surface area (TPSA) is 58.0 Å². The highest BCUT2D eigenvalue weighted by atomic mass is 15.2. The van der Waals surface area contributed by atoms with Gasteiger partial charge in [-0.15, -0.1) is 0 Å². The van der Waals surface area contributed by atoms with Crippen molar-refractivity contribution in [2.75, 3.05) is 25.0 Å². The van der Waals surface area contributed by atoms with Crippen LogP contribution in [0.4, 0.5) is 5.82 Å². The molecule has 0 amide bonds. The van der Waals surface area contributed by atoms with Crippen molar-refractivity contribution in [3.8, 4) is 0 Å². The second-order valence-corrected chi connectivity index (χ2v) is 5.80. The zero-order valence-electron chi connectivity index (χ0n) is 13.2. The van der Waals surface area contributed by atoms with Gasteiger partial charge < -0.3 is 4.90 Å². The fraction of sp³-hybridized carbons (Fsp3) is 0.500. The minimum Gasteiger partial charge on any atom is -0.356 e. The predicted molar refractivity (Wildman–Crippen MR) is 85.5 cm³/mol. The molecule has 0 spiro atoms. The van der Waals surface area contributed by atoms with E-state index in [1.165, 1.54) is 0 Å². The Balaban J connectivity index is 1.55. The number of hydrogen-bond acceptors (Lipinski definition) is 6. The normalized spacial score (nSPS) is 16.6. The molecule has 0 N–H and O–H groups in total. The lowest BCUT2D eigenvalue weighted by Crippen LogP contribution is -2.43. The Morgan fingerprint density at radius 2 is 1.86 bits per heavy atom. The van der Waals surface area contributed by atoms with Crippen LogP contribution in [0.25, 0.3) is 0 Å². The molecule has 0 aliphatic carbocycles. The summed E-state index contributed by atoms with van der Waals surface area (Å²) in [7, 11) is 2.13. The predicted octanol–water partition coefficient (Wildman–Crippen LogP) is 1.68. The molecule has 1 aliphatic rings. The van der Waals surface area contributed by atoms with Gasteiger partial charge in [0.05, 0.1) is 6.54 Å². The van der Waals surface area contributed by atoms with Crippen LogP contribution >= 0.6 is 0 Å². The molecule has 2 aromatic heterocycles. The van der Waals surface area contributed by atoms with E-state index in [1.807, 2.05) is 19.1 Å². The van der Waals surface area contributed by atoms with E-state index < -0.39 is 0 Å². The molecule has 3 heterocycles. The fourth-order valence-corrected chi connectivity index (χ4v) is 2.90. The number of aryl methyl sites for hydroxylation is 1. The van der Waals surface area contributed by atoms with Crippen LogP contribution in [0.3, 0.4) is 0 Å². The largest absolute Gasteiger partial charge is 0.356 e. The molecule has 0 bridgehead atoms. The summed E-state index contributed by atoms with van der Waals surface area (Å²) in [6, 6.07) is 4.43. The highest BCUT2D eigenvalue weighted by Crippen LogP contribution is 2.21. The highest BCUT2D eigenvalue weighted by molar-refractivity contribution is 5.39. The van der Waals surface area contributed by atoms with Crippen molar-refractivity contribution in [3.05, 3.63) is 42.4 Å². The average molecular weight is 298 g/mol. The van der Waals surface area contributed by atoms with Crippen molar-refractivity contribution in [2.45, 2.75) is 32.4 Å². The first-order valence-corrected chi connectivity index (χ1v) is 7.72. The molecule has 1 fully saturated rings. The number of nitrogens with zero attached hydrogens (tertiary/aromatic N) is 6. The van der Waals surface area contributed by atoms with Crippen molar-refractivity contribution >= 4 is 5.82 Å². The minimum atomic E-state index is 0.530. The van der Waals surface area contributed by atoms with E-state index in [0.717, 1.165) is 49.8 Å². The SMILES string of the molecule is Cc1cc(N(C)C2CCN(Cc3ncccn3)CC2)ncn1. The molecule has 116 valence electrons. The number of anilines is 1. The second-order valence-electron chi connectivity index (χ2n) is 5.80. The summed E-state index contributed by atoms with van der Waals surface area (Å²) >= 11 is 0. The lowest BCUT2D eigenvalue weighted by atomic mass is 10.0. The quantitative estimate of drug-likeness (QED) is 0.856. The van der Waals surface area contributed by atoms with Crippen LogP contribution in [0.5, 0.6) is 0 Å². The maximum absolute atomic E-state index is 4.38. The maximum Gasteiger partial charge on any atom is 0.142 e. The van der Waals surface area contributed by atoms with Crippen molar-refractivity contribution in [1.82, 2.24) is 24.8 Å². The van der Waals surface area contributed by atoms with Gasteiger partial charge in [-0.3, -0.25) is 4.90 Å². The van der Waals surface area contributed by atoms with Gasteiger partial charge in [-0.05, 0) is 25.8 Å². The first-order chi connectivity index (χ1) is 10.7. The molecular formula is C16H22N6. The summed E-state index contributed by atoms with van der Waals surface area (Å²) < 4.78 is 0. The number of rotatable bonds is 4. The molecule has 0 saturated carbocycles. The summed E-state index contributed by atoms with van der Waals surface area (Å²) in [4.78, 5) is 21.9. The van der Waals surface area contributed by atoms with Crippen molar-refractivity contribution in [3.63, 3.8) is 0 Å². The van der Waals surface area contributed by atoms with E-state index in [1.54, 1.807) is 18.7 Å². The molecule has 0 atom stereocenters. The van der Waals surface area contributed by atoms with Crippen molar-refractivity contribution in [1.29, 1.82) is 0 Å². The van der Waals surface area contributed by atoms with Crippen LogP contribution in [-0.2, 0) is 6.54 Å². The standard InChI is InChI=1S/C16H22N6/c1-13-10-16(20-12-19-13)21(2)14-4-8-22(9-5-14)11-15-17-6-3-7-18-15/h3,6-7,10,12,14H,4-5,8-9,11H2,1-2H3. The molecule has 0 radical (unpaired) electrons. The van der Waals surface area contributed by atoms with Crippen molar-refractivity contribution < 1.29 is 0 Å². The molecular weight excluding hydrogens is 276 g/mol. The van der Waals surface area contributed by atoms with Gasteiger partial charge in [-0.1, -0.05) is 0 Å². The number of likely N-dealkylation sites (tertiary alicyclic amines) is 1. The molecule has 1 aliphatic heterocycles. The van der Waals surface area contributed by atoms with Gasteiger partial charge in [0.1, 0.15) is 18.0 Å². The molecule has 0 aromatic carbocycles. The van der Waals surface area contributed by atoms with Gasteiger partial charge in [-0.2, -0.15) is 0 Å². The summed E-state index contributed by atoms with van der Waals surface area (Å²) in [5.74, 6) is 1.91. The minimum absolute atomic E-state index is 0.530. The Morgan fingerprint density at radius 3 is 2.55 bits per heavy atom. The molecule has 6 heteroatoms.